The van der Waals surface area contributed by atoms with Crippen molar-refractivity contribution in [1.29, 1.82) is 0 Å². The van der Waals surface area contributed by atoms with E-state index in [1.807, 2.05) is 19.9 Å². The highest BCUT2D eigenvalue weighted by Crippen LogP contribution is 2.25. The van der Waals surface area contributed by atoms with Crippen molar-refractivity contribution in [2.45, 2.75) is 33.9 Å². The number of pyridine rings is 1. The Morgan fingerprint density at radius 2 is 1.86 bits per heavy atom. The lowest BCUT2D eigenvalue weighted by molar-refractivity contribution is -0.130. The van der Waals surface area contributed by atoms with Gasteiger partial charge in [0.25, 0.3) is 0 Å². The van der Waals surface area contributed by atoms with Crippen LogP contribution in [-0.2, 0) is 17.9 Å². The lowest BCUT2D eigenvalue weighted by Crippen LogP contribution is -2.28. The molecule has 0 aliphatic carbocycles. The number of rotatable bonds is 4. The molecule has 2 heterocycles. The van der Waals surface area contributed by atoms with Crippen LogP contribution in [0.4, 0.5) is 4.39 Å². The van der Waals surface area contributed by atoms with E-state index in [0.29, 0.717) is 18.7 Å². The van der Waals surface area contributed by atoms with Gasteiger partial charge < -0.3 is 4.90 Å². The second-order valence-corrected chi connectivity index (χ2v) is 7.11. The van der Waals surface area contributed by atoms with E-state index in [-0.39, 0.29) is 11.7 Å². The van der Waals surface area contributed by atoms with Crippen molar-refractivity contribution < 1.29 is 9.18 Å². The molecule has 2 aromatic carbocycles. The maximum absolute atomic E-state index is 13.2. The number of halogens is 1. The molecule has 2 aromatic heterocycles. The van der Waals surface area contributed by atoms with Crippen LogP contribution >= 0.6 is 0 Å². The predicted octanol–water partition coefficient (Wildman–Crippen LogP) is 3.58. The van der Waals surface area contributed by atoms with E-state index < -0.39 is 0 Å². The van der Waals surface area contributed by atoms with Crippen LogP contribution in [0.25, 0.3) is 16.6 Å². The maximum Gasteiger partial charge on any atom is 0.220 e. The number of carbonyl (C=O) groups is 1. The van der Waals surface area contributed by atoms with Gasteiger partial charge in [-0.2, -0.15) is 4.52 Å². The van der Waals surface area contributed by atoms with Crippen molar-refractivity contribution in [2.24, 2.45) is 0 Å². The quantitative estimate of drug-likeness (QED) is 0.545. The second kappa shape index (κ2) is 6.99. The fraction of sp³-hybridized carbons (Fsp3) is 0.238. The summed E-state index contributed by atoms with van der Waals surface area (Å²) >= 11 is 0. The topological polar surface area (TPSA) is 63.4 Å². The van der Waals surface area contributed by atoms with Crippen LogP contribution in [0.1, 0.15) is 29.2 Å². The van der Waals surface area contributed by atoms with Crippen molar-refractivity contribution in [2.75, 3.05) is 0 Å². The fourth-order valence-electron chi connectivity index (χ4n) is 3.59. The zero-order chi connectivity index (χ0) is 19.8. The van der Waals surface area contributed by atoms with Gasteiger partial charge in [-0.1, -0.05) is 23.8 Å². The first-order valence-corrected chi connectivity index (χ1v) is 9.03. The Bertz CT molecular complexity index is 1180. The van der Waals surface area contributed by atoms with Gasteiger partial charge in [0.1, 0.15) is 5.82 Å². The first-order valence-electron chi connectivity index (χ1n) is 9.03. The summed E-state index contributed by atoms with van der Waals surface area (Å²) in [6.07, 6.45) is 0. The van der Waals surface area contributed by atoms with Gasteiger partial charge in [0, 0.05) is 31.0 Å². The Labute approximate surface area is 161 Å². The van der Waals surface area contributed by atoms with Gasteiger partial charge in [-0.25, -0.2) is 4.39 Å². The van der Waals surface area contributed by atoms with Crippen LogP contribution in [-0.4, -0.2) is 30.8 Å². The summed E-state index contributed by atoms with van der Waals surface area (Å²) in [6, 6.07) is 12.4. The van der Waals surface area contributed by atoms with Crippen LogP contribution in [0.3, 0.4) is 0 Å². The Kier molecular flexibility index (Phi) is 4.50. The SMILES string of the molecule is CC(=O)N(Cc1ccc(F)cc1)Cc1cc2cc(C)cc(C)c2n2nnnc12. The van der Waals surface area contributed by atoms with Crippen molar-refractivity contribution in [3.8, 4) is 0 Å². The highest BCUT2D eigenvalue weighted by Gasteiger charge is 2.17. The first-order chi connectivity index (χ1) is 13.4. The average Bonchev–Trinajstić information content (AvgIpc) is 3.12. The normalized spacial score (nSPS) is 11.3. The molecule has 0 aliphatic heterocycles. The van der Waals surface area contributed by atoms with E-state index >= 15 is 0 Å². The number of carbonyl (C=O) groups excluding carboxylic acids is 1. The predicted molar refractivity (Wildman–Crippen MR) is 104 cm³/mol. The minimum absolute atomic E-state index is 0.0736. The van der Waals surface area contributed by atoms with Gasteiger partial charge in [0.2, 0.25) is 5.91 Å². The molecule has 0 aliphatic rings. The van der Waals surface area contributed by atoms with Crippen molar-refractivity contribution in [3.05, 3.63) is 70.5 Å². The van der Waals surface area contributed by atoms with Gasteiger partial charge in [-0.05, 0) is 59.7 Å². The van der Waals surface area contributed by atoms with E-state index in [1.54, 1.807) is 21.5 Å². The van der Waals surface area contributed by atoms with Gasteiger partial charge in [0.05, 0.1) is 5.52 Å². The molecule has 0 fully saturated rings. The second-order valence-electron chi connectivity index (χ2n) is 7.11. The summed E-state index contributed by atoms with van der Waals surface area (Å²) in [4.78, 5) is 14.0. The van der Waals surface area contributed by atoms with E-state index in [1.165, 1.54) is 19.1 Å². The third kappa shape index (κ3) is 3.31. The number of fused-ring (bicyclic) bond motifs is 3. The molecule has 0 saturated heterocycles. The van der Waals surface area contributed by atoms with E-state index in [0.717, 1.165) is 33.2 Å². The minimum Gasteiger partial charge on any atom is -0.334 e. The van der Waals surface area contributed by atoms with E-state index in [4.69, 9.17) is 0 Å². The number of aryl methyl sites for hydroxylation is 2. The Hall–Kier alpha value is -3.35. The highest BCUT2D eigenvalue weighted by atomic mass is 19.1. The molecule has 0 atom stereocenters. The van der Waals surface area contributed by atoms with Crippen molar-refractivity contribution in [3.63, 3.8) is 0 Å². The molecule has 1 amide bonds. The zero-order valence-electron chi connectivity index (χ0n) is 16.0. The number of amides is 1. The highest BCUT2D eigenvalue weighted by molar-refractivity contribution is 5.86. The lowest BCUT2D eigenvalue weighted by Gasteiger charge is -2.22. The van der Waals surface area contributed by atoms with Gasteiger partial charge in [0.15, 0.2) is 5.65 Å². The molecule has 0 saturated carbocycles. The van der Waals surface area contributed by atoms with Crippen LogP contribution in [0.2, 0.25) is 0 Å². The molecule has 4 aromatic rings. The van der Waals surface area contributed by atoms with Gasteiger partial charge >= 0.3 is 0 Å². The summed E-state index contributed by atoms with van der Waals surface area (Å²) < 4.78 is 14.9. The number of nitrogens with zero attached hydrogens (tertiary/aromatic N) is 5. The average molecular weight is 377 g/mol. The number of hydrogen-bond donors (Lipinski definition) is 0. The van der Waals surface area contributed by atoms with Crippen LogP contribution in [0.15, 0.2) is 42.5 Å². The Morgan fingerprint density at radius 3 is 2.57 bits per heavy atom. The van der Waals surface area contributed by atoms with Crippen molar-refractivity contribution in [1.82, 2.24) is 24.9 Å². The smallest absolute Gasteiger partial charge is 0.220 e. The molecule has 0 radical (unpaired) electrons. The van der Waals surface area contributed by atoms with Crippen LogP contribution in [0, 0.1) is 19.7 Å². The third-order valence-corrected chi connectivity index (χ3v) is 4.87. The summed E-state index contributed by atoms with van der Waals surface area (Å²) in [5.74, 6) is -0.370. The third-order valence-electron chi connectivity index (χ3n) is 4.87. The van der Waals surface area contributed by atoms with Gasteiger partial charge in [-0.15, -0.1) is 5.10 Å². The molecule has 142 valence electrons. The molecule has 6 nitrogen and oxygen atoms in total. The fourth-order valence-corrected chi connectivity index (χ4v) is 3.59. The molecule has 28 heavy (non-hydrogen) atoms. The van der Waals surface area contributed by atoms with Gasteiger partial charge in [-0.3, -0.25) is 4.79 Å². The monoisotopic (exact) mass is 377 g/mol. The molecule has 0 unspecified atom stereocenters. The van der Waals surface area contributed by atoms with Crippen LogP contribution < -0.4 is 0 Å². The number of aromatic nitrogens is 4. The van der Waals surface area contributed by atoms with Crippen LogP contribution in [0.5, 0.6) is 0 Å². The molecular weight excluding hydrogens is 357 g/mol. The number of benzene rings is 2. The number of tetrazole rings is 1. The summed E-state index contributed by atoms with van der Waals surface area (Å²) in [6.45, 7) is 6.35. The Morgan fingerprint density at radius 1 is 1.11 bits per heavy atom. The molecule has 4 rings (SSSR count). The lowest BCUT2D eigenvalue weighted by atomic mass is 10.0. The summed E-state index contributed by atoms with van der Waals surface area (Å²) in [5.41, 5.74) is 5.55. The molecule has 0 N–H and O–H groups in total. The summed E-state index contributed by atoms with van der Waals surface area (Å²) in [7, 11) is 0. The minimum atomic E-state index is -0.297. The molecule has 0 bridgehead atoms. The molecule has 0 spiro atoms. The standard InChI is InChI=1S/C21H20FN5O/c1-13-8-14(2)20-17(9-13)10-18(21-23-24-25-27(20)21)12-26(15(3)28)11-16-4-6-19(22)7-5-16/h4-10H,11-12H2,1-3H3. The molecule has 7 heteroatoms. The Balaban J connectivity index is 1.77. The first kappa shape index (κ1) is 18.0. The van der Waals surface area contributed by atoms with E-state index in [9.17, 15) is 9.18 Å². The largest absolute Gasteiger partial charge is 0.334 e. The van der Waals surface area contributed by atoms with Crippen molar-refractivity contribution >= 4 is 22.5 Å². The molecular formula is C21H20FN5O. The zero-order valence-corrected chi connectivity index (χ0v) is 16.0. The number of hydrogen-bond acceptors (Lipinski definition) is 4. The summed E-state index contributed by atoms with van der Waals surface area (Å²) in [5, 5.41) is 13.2. The van der Waals surface area contributed by atoms with E-state index in [2.05, 4.69) is 27.7 Å². The maximum atomic E-state index is 13.2.